The van der Waals surface area contributed by atoms with E-state index in [1.165, 1.54) is 0 Å². The first-order valence-corrected chi connectivity index (χ1v) is 7.64. The molecule has 0 saturated carbocycles. The van der Waals surface area contributed by atoms with Gasteiger partial charge in [0.15, 0.2) is 5.84 Å². The van der Waals surface area contributed by atoms with E-state index in [2.05, 4.69) is 42.7 Å². The zero-order chi connectivity index (χ0) is 15.8. The lowest BCUT2D eigenvalue weighted by atomic mass is 10.1. The summed E-state index contributed by atoms with van der Waals surface area (Å²) in [6.07, 6.45) is 2.24. The lowest BCUT2D eigenvalue weighted by Gasteiger charge is -2.25. The van der Waals surface area contributed by atoms with Crippen LogP contribution in [0, 0.1) is 11.8 Å². The quantitative estimate of drug-likeness (QED) is 0.334. The van der Waals surface area contributed by atoms with Crippen LogP contribution < -0.4 is 10.6 Å². The molecule has 0 saturated heterocycles. The average molecular weight is 292 g/mol. The number of aromatic nitrogens is 1. The molecule has 21 heavy (non-hydrogen) atoms. The summed E-state index contributed by atoms with van der Waals surface area (Å²) >= 11 is 0. The van der Waals surface area contributed by atoms with Crippen LogP contribution in [0.2, 0.25) is 0 Å². The topological polar surface area (TPSA) is 74.7 Å². The van der Waals surface area contributed by atoms with Crippen LogP contribution in [-0.4, -0.2) is 29.1 Å². The van der Waals surface area contributed by atoms with E-state index in [0.717, 1.165) is 31.7 Å². The lowest BCUT2D eigenvalue weighted by molar-refractivity contribution is 0.318. The Bertz CT molecular complexity index is 445. The highest BCUT2D eigenvalue weighted by Gasteiger charge is 2.11. The van der Waals surface area contributed by atoms with E-state index in [0.29, 0.717) is 17.5 Å². The van der Waals surface area contributed by atoms with Gasteiger partial charge in [0.25, 0.3) is 0 Å². The molecular weight excluding hydrogens is 264 g/mol. The van der Waals surface area contributed by atoms with Crippen LogP contribution >= 0.6 is 0 Å². The third kappa shape index (κ3) is 6.02. The first-order valence-electron chi connectivity index (χ1n) is 7.64. The zero-order valence-corrected chi connectivity index (χ0v) is 13.6. The molecule has 0 bridgehead atoms. The van der Waals surface area contributed by atoms with Crippen LogP contribution in [0.3, 0.4) is 0 Å². The van der Waals surface area contributed by atoms with Crippen molar-refractivity contribution in [3.8, 4) is 0 Å². The molecule has 1 aromatic heterocycles. The molecule has 118 valence electrons. The van der Waals surface area contributed by atoms with E-state index in [-0.39, 0.29) is 5.84 Å². The van der Waals surface area contributed by atoms with Crippen LogP contribution in [0.4, 0.5) is 5.82 Å². The van der Waals surface area contributed by atoms with Crippen molar-refractivity contribution in [2.24, 2.45) is 22.7 Å². The number of oxime groups is 1. The number of nitrogens with zero attached hydrogens (tertiary/aromatic N) is 3. The minimum Gasteiger partial charge on any atom is -0.409 e. The normalized spacial score (nSPS) is 12.2. The fourth-order valence-electron chi connectivity index (χ4n) is 1.96. The Balaban J connectivity index is 2.90. The van der Waals surface area contributed by atoms with Crippen LogP contribution in [0.1, 0.15) is 46.2 Å². The lowest BCUT2D eigenvalue weighted by Crippen LogP contribution is -2.29. The third-order valence-electron chi connectivity index (χ3n) is 3.38. The molecule has 0 spiro atoms. The maximum atomic E-state index is 8.78. The minimum absolute atomic E-state index is 0.0459. The molecule has 5 nitrogen and oxygen atoms in total. The van der Waals surface area contributed by atoms with Gasteiger partial charge in [-0.15, -0.1) is 0 Å². The number of amidine groups is 1. The van der Waals surface area contributed by atoms with Gasteiger partial charge in [-0.1, -0.05) is 38.9 Å². The molecule has 0 aliphatic carbocycles. The molecule has 1 rings (SSSR count). The maximum absolute atomic E-state index is 8.78. The monoisotopic (exact) mass is 292 g/mol. The van der Waals surface area contributed by atoms with Gasteiger partial charge in [-0.3, -0.25) is 0 Å². The van der Waals surface area contributed by atoms with Gasteiger partial charge < -0.3 is 15.8 Å². The molecule has 0 aromatic carbocycles. The Hall–Kier alpha value is -1.78. The van der Waals surface area contributed by atoms with Crippen LogP contribution in [0.5, 0.6) is 0 Å². The zero-order valence-electron chi connectivity index (χ0n) is 13.6. The average Bonchev–Trinajstić information content (AvgIpc) is 2.46. The predicted molar refractivity (Wildman–Crippen MR) is 87.9 cm³/mol. The second kappa shape index (κ2) is 8.49. The highest BCUT2D eigenvalue weighted by molar-refractivity contribution is 5.95. The van der Waals surface area contributed by atoms with Crippen molar-refractivity contribution < 1.29 is 5.21 Å². The van der Waals surface area contributed by atoms with E-state index in [9.17, 15) is 0 Å². The fraction of sp³-hybridized carbons (Fsp3) is 0.625. The summed E-state index contributed by atoms with van der Waals surface area (Å²) in [4.78, 5) is 6.80. The fourth-order valence-corrected chi connectivity index (χ4v) is 1.96. The van der Waals surface area contributed by atoms with Crippen molar-refractivity contribution in [3.63, 3.8) is 0 Å². The van der Waals surface area contributed by atoms with E-state index >= 15 is 0 Å². The van der Waals surface area contributed by atoms with E-state index in [1.807, 2.05) is 12.1 Å². The first-order chi connectivity index (χ1) is 9.93. The third-order valence-corrected chi connectivity index (χ3v) is 3.38. The summed E-state index contributed by atoms with van der Waals surface area (Å²) in [6.45, 7) is 10.8. The van der Waals surface area contributed by atoms with E-state index in [4.69, 9.17) is 10.9 Å². The number of pyridine rings is 1. The molecule has 0 aliphatic rings. The maximum Gasteiger partial charge on any atom is 0.188 e. The highest BCUT2D eigenvalue weighted by atomic mass is 16.4. The molecule has 0 unspecified atom stereocenters. The van der Waals surface area contributed by atoms with E-state index < -0.39 is 0 Å². The van der Waals surface area contributed by atoms with Gasteiger partial charge in [0.2, 0.25) is 0 Å². The summed E-state index contributed by atoms with van der Waals surface area (Å²) in [5, 5.41) is 11.8. The number of hydrogen-bond donors (Lipinski definition) is 2. The van der Waals surface area contributed by atoms with Gasteiger partial charge in [-0.05, 0) is 36.8 Å². The Kier molecular flexibility index (Phi) is 6.99. The summed E-state index contributed by atoms with van der Waals surface area (Å²) in [6, 6.07) is 5.63. The Morgan fingerprint density at radius 2 is 1.76 bits per heavy atom. The van der Waals surface area contributed by atoms with Crippen molar-refractivity contribution in [3.05, 3.63) is 23.9 Å². The van der Waals surface area contributed by atoms with Gasteiger partial charge >= 0.3 is 0 Å². The van der Waals surface area contributed by atoms with Crippen LogP contribution in [0.25, 0.3) is 0 Å². The van der Waals surface area contributed by atoms with Gasteiger partial charge in [0, 0.05) is 13.1 Å². The molecular formula is C16H28N4O. The Morgan fingerprint density at radius 3 is 2.24 bits per heavy atom. The van der Waals surface area contributed by atoms with Crippen molar-refractivity contribution in [1.29, 1.82) is 0 Å². The number of anilines is 1. The van der Waals surface area contributed by atoms with Crippen molar-refractivity contribution in [2.45, 2.75) is 40.5 Å². The molecule has 3 N–H and O–H groups in total. The van der Waals surface area contributed by atoms with Crippen LogP contribution in [0.15, 0.2) is 23.4 Å². The van der Waals surface area contributed by atoms with Gasteiger partial charge in [0.05, 0.1) is 0 Å². The van der Waals surface area contributed by atoms with Crippen molar-refractivity contribution in [1.82, 2.24) is 4.98 Å². The number of nitrogens with two attached hydrogens (primary N) is 1. The molecule has 1 heterocycles. The predicted octanol–water partition coefficient (Wildman–Crippen LogP) is 3.07. The summed E-state index contributed by atoms with van der Waals surface area (Å²) in [5.41, 5.74) is 6.14. The smallest absolute Gasteiger partial charge is 0.188 e. The Morgan fingerprint density at radius 1 is 1.19 bits per heavy atom. The standard InChI is InChI=1S/C16H28N4O/c1-12(2)8-10-20(11-9-13(3)4)15-7-5-6-14(18-15)16(17)19-21/h5-7,12-13,21H,8-11H2,1-4H3,(H2,17,19). The number of hydrogen-bond acceptors (Lipinski definition) is 4. The second-order valence-electron chi connectivity index (χ2n) is 6.22. The minimum atomic E-state index is 0.0459. The van der Waals surface area contributed by atoms with Gasteiger partial charge in [-0.2, -0.15) is 0 Å². The summed E-state index contributed by atoms with van der Waals surface area (Å²) < 4.78 is 0. The van der Waals surface area contributed by atoms with Crippen LogP contribution in [-0.2, 0) is 0 Å². The molecule has 0 amide bonds. The SMILES string of the molecule is CC(C)CCN(CCC(C)C)c1cccc(/C(N)=N/O)n1. The van der Waals surface area contributed by atoms with Crippen molar-refractivity contribution >= 4 is 11.7 Å². The van der Waals surface area contributed by atoms with Crippen molar-refractivity contribution in [2.75, 3.05) is 18.0 Å². The summed E-state index contributed by atoms with van der Waals surface area (Å²) in [7, 11) is 0. The molecule has 0 fully saturated rings. The molecule has 0 aliphatic heterocycles. The second-order valence-corrected chi connectivity index (χ2v) is 6.22. The molecule has 0 atom stereocenters. The van der Waals surface area contributed by atoms with E-state index in [1.54, 1.807) is 6.07 Å². The first kappa shape index (κ1) is 17.3. The van der Waals surface area contributed by atoms with Gasteiger partial charge in [-0.25, -0.2) is 4.98 Å². The summed E-state index contributed by atoms with van der Waals surface area (Å²) in [5.74, 6) is 2.24. The Labute approximate surface area is 127 Å². The number of rotatable bonds is 8. The molecule has 1 aromatic rings. The largest absolute Gasteiger partial charge is 0.409 e. The van der Waals surface area contributed by atoms with Gasteiger partial charge in [0.1, 0.15) is 11.5 Å². The molecule has 5 heteroatoms. The highest BCUT2D eigenvalue weighted by Crippen LogP contribution is 2.16. The molecule has 0 radical (unpaired) electrons.